The van der Waals surface area contributed by atoms with Crippen LogP contribution in [0.25, 0.3) is 0 Å². The quantitative estimate of drug-likeness (QED) is 0.698. The zero-order valence-corrected chi connectivity index (χ0v) is 9.57. The third-order valence-corrected chi connectivity index (χ3v) is 15.4. The van der Waals surface area contributed by atoms with Crippen LogP contribution < -0.4 is 0 Å². The minimum Gasteiger partial charge on any atom is -0.870 e. The normalized spacial score (nSPS) is 10.7. The smallest absolute Gasteiger partial charge is 0.870 e. The van der Waals surface area contributed by atoms with E-state index in [1.807, 2.05) is 0 Å². The Bertz CT molecular complexity index is 51.7. The summed E-state index contributed by atoms with van der Waals surface area (Å²) in [6.45, 7) is 7.08. The first-order valence-corrected chi connectivity index (χ1v) is 11.5. The van der Waals surface area contributed by atoms with Gasteiger partial charge in [-0.3, -0.25) is 0 Å². The molecular weight excluding hydrogens is 222 g/mol. The zero-order valence-electron chi connectivity index (χ0n) is 7.02. The fourth-order valence-electron chi connectivity index (χ4n) is 0.671. The van der Waals surface area contributed by atoms with Crippen molar-refractivity contribution in [2.75, 3.05) is 0 Å². The van der Waals surface area contributed by atoms with E-state index >= 15 is 0 Å². The van der Waals surface area contributed by atoms with E-state index in [1.54, 1.807) is 0 Å². The summed E-state index contributed by atoms with van der Waals surface area (Å²) in [6.07, 6.45) is 0. The van der Waals surface area contributed by atoms with Gasteiger partial charge in [-0.15, -0.1) is 0 Å². The molecule has 0 aromatic heterocycles. The van der Waals surface area contributed by atoms with Crippen LogP contribution in [0.2, 0.25) is 18.0 Å². The van der Waals surface area contributed by atoms with Crippen LogP contribution in [0, 0.1) is 0 Å². The molecule has 1 nitrogen and oxygen atoms in total. The van der Waals surface area contributed by atoms with Crippen LogP contribution in [-0.2, 0) is 0 Å². The Morgan fingerprint density at radius 2 is 1.11 bits per heavy atom. The standard InChI is InChI=1S/3C2H5.CH3.H2O.Sb/c3*1-2;;;/h3*1H2,2H3;1H3;1H2;/q;;;;;+1/p-1. The monoisotopic (exact) mass is 240 g/mol. The maximum absolute atomic E-state index is 2.55. The fraction of sp³-hybridized carbons (Fsp3) is 1.00. The molecule has 1 N–H and O–H groups in total. The summed E-state index contributed by atoms with van der Waals surface area (Å²) in [5.74, 6) is 0. The van der Waals surface area contributed by atoms with Gasteiger partial charge in [0.15, 0.2) is 0 Å². The Morgan fingerprint density at radius 1 is 0.889 bits per heavy atom. The summed E-state index contributed by atoms with van der Waals surface area (Å²) < 4.78 is 4.56. The molecule has 0 heterocycles. The van der Waals surface area contributed by atoms with Gasteiger partial charge in [0.25, 0.3) is 0 Å². The van der Waals surface area contributed by atoms with Crippen LogP contribution in [-0.4, -0.2) is 24.3 Å². The number of rotatable bonds is 3. The van der Waals surface area contributed by atoms with Crippen LogP contribution in [0.5, 0.6) is 0 Å². The molecule has 0 atom stereocenters. The molecule has 0 unspecified atom stereocenters. The first-order valence-electron chi connectivity index (χ1n) is 3.52. The minimum absolute atomic E-state index is 0. The van der Waals surface area contributed by atoms with Gasteiger partial charge in [0.05, 0.1) is 0 Å². The molecule has 9 heavy (non-hydrogen) atoms. The third kappa shape index (κ3) is 4.22. The molecule has 0 radical (unpaired) electrons. The topological polar surface area (TPSA) is 30.0 Å². The molecule has 0 saturated carbocycles. The molecule has 0 rings (SSSR count). The van der Waals surface area contributed by atoms with Crippen molar-refractivity contribution in [2.24, 2.45) is 0 Å². The molecule has 58 valence electrons. The molecule has 0 aliphatic carbocycles. The van der Waals surface area contributed by atoms with Crippen LogP contribution in [0.15, 0.2) is 0 Å². The molecule has 0 fully saturated rings. The van der Waals surface area contributed by atoms with Crippen LogP contribution in [0.1, 0.15) is 20.8 Å². The zero-order chi connectivity index (χ0) is 6.62. The summed E-state index contributed by atoms with van der Waals surface area (Å²) in [5, 5.41) is 0. The van der Waals surface area contributed by atoms with Gasteiger partial charge < -0.3 is 5.48 Å². The molecule has 0 saturated heterocycles. The van der Waals surface area contributed by atoms with E-state index in [0.717, 1.165) is 0 Å². The van der Waals surface area contributed by atoms with E-state index in [1.165, 1.54) is 13.1 Å². The van der Waals surface area contributed by atoms with E-state index in [0.29, 0.717) is 0 Å². The van der Waals surface area contributed by atoms with Crippen molar-refractivity contribution in [1.82, 2.24) is 0 Å². The number of hydrogen-bond donors (Lipinski definition) is 0. The van der Waals surface area contributed by atoms with E-state index < -0.39 is 18.8 Å². The Hall–Kier alpha value is 0.778. The van der Waals surface area contributed by atoms with Gasteiger partial charge in [-0.05, 0) is 0 Å². The Balaban J connectivity index is 0. The van der Waals surface area contributed by atoms with E-state index in [2.05, 4.69) is 25.6 Å². The molecule has 0 aromatic rings. The predicted octanol–water partition coefficient (Wildman–Crippen LogP) is 2.95. The van der Waals surface area contributed by atoms with Gasteiger partial charge in [0.1, 0.15) is 0 Å². The second-order valence-electron chi connectivity index (χ2n) is 2.57. The SMILES string of the molecule is C[CH2][Sb+]([CH3])([CH2]C)[CH2]C.[OH-]. The van der Waals surface area contributed by atoms with Gasteiger partial charge in [0.2, 0.25) is 0 Å². The Labute approximate surface area is 63.1 Å². The molecule has 0 aliphatic rings. The average molecular weight is 241 g/mol. The summed E-state index contributed by atoms with van der Waals surface area (Å²) in [5.41, 5.74) is 0. The summed E-state index contributed by atoms with van der Waals surface area (Å²) in [7, 11) is 0. The first kappa shape index (κ1) is 12.5. The fourth-order valence-corrected chi connectivity index (χ4v) is 4.50. The molecule has 0 amide bonds. The van der Waals surface area contributed by atoms with E-state index in [9.17, 15) is 0 Å². The summed E-state index contributed by atoms with van der Waals surface area (Å²) in [4.78, 5) is 2.55. The average Bonchev–Trinajstić information content (AvgIpc) is 1.87. The predicted molar refractivity (Wildman–Crippen MR) is 45.0 cm³/mol. The molecule has 0 spiro atoms. The van der Waals surface area contributed by atoms with Gasteiger partial charge >= 0.3 is 57.5 Å². The van der Waals surface area contributed by atoms with Crippen LogP contribution >= 0.6 is 0 Å². The van der Waals surface area contributed by atoms with Gasteiger partial charge in [-0.2, -0.15) is 0 Å². The van der Waals surface area contributed by atoms with Crippen molar-refractivity contribution in [1.29, 1.82) is 0 Å². The minimum atomic E-state index is -1.24. The first-order chi connectivity index (χ1) is 3.68. The molecule has 0 aliphatic heterocycles. The van der Waals surface area contributed by atoms with Crippen molar-refractivity contribution in [3.05, 3.63) is 0 Å². The maximum atomic E-state index is 2.55. The van der Waals surface area contributed by atoms with Crippen molar-refractivity contribution < 1.29 is 5.48 Å². The Kier molecular flexibility index (Phi) is 7.69. The largest absolute Gasteiger partial charge is 0.870 e. The molecule has 2 heteroatoms. The van der Waals surface area contributed by atoms with Crippen LogP contribution in [0.4, 0.5) is 0 Å². The second-order valence-corrected chi connectivity index (χ2v) is 17.2. The Morgan fingerprint density at radius 3 is 1.11 bits per heavy atom. The van der Waals surface area contributed by atoms with Gasteiger partial charge in [0, 0.05) is 0 Å². The molecule has 0 bridgehead atoms. The van der Waals surface area contributed by atoms with Crippen molar-refractivity contribution in [3.8, 4) is 0 Å². The summed E-state index contributed by atoms with van der Waals surface area (Å²) in [6, 6.07) is 0. The van der Waals surface area contributed by atoms with Gasteiger partial charge in [-0.1, -0.05) is 0 Å². The van der Waals surface area contributed by atoms with E-state index in [-0.39, 0.29) is 5.48 Å². The van der Waals surface area contributed by atoms with Crippen molar-refractivity contribution in [2.45, 2.75) is 38.7 Å². The van der Waals surface area contributed by atoms with Crippen molar-refractivity contribution in [3.63, 3.8) is 0 Å². The number of hydrogen-bond acceptors (Lipinski definition) is 1. The molecular formula is C7H19OSb. The van der Waals surface area contributed by atoms with E-state index in [4.69, 9.17) is 0 Å². The van der Waals surface area contributed by atoms with Gasteiger partial charge in [-0.25, -0.2) is 0 Å². The van der Waals surface area contributed by atoms with Crippen LogP contribution in [0.3, 0.4) is 0 Å². The maximum Gasteiger partial charge on any atom is -0.870 e. The third-order valence-electron chi connectivity index (χ3n) is 2.29. The molecule has 0 aromatic carbocycles. The van der Waals surface area contributed by atoms with Crippen molar-refractivity contribution >= 4 is 18.8 Å². The second kappa shape index (κ2) is 5.55. The summed E-state index contributed by atoms with van der Waals surface area (Å²) >= 11 is -1.24.